The first-order valence-electron chi connectivity index (χ1n) is 10.6. The molecule has 9 heteroatoms. The second-order valence-electron chi connectivity index (χ2n) is 7.54. The molecule has 0 spiro atoms. The summed E-state index contributed by atoms with van der Waals surface area (Å²) in [5.74, 6) is 1.92. The zero-order chi connectivity index (χ0) is 22.5. The van der Waals surface area contributed by atoms with Crippen molar-refractivity contribution >= 4 is 5.91 Å². The number of ether oxygens (including phenoxy) is 3. The van der Waals surface area contributed by atoms with Gasteiger partial charge in [-0.2, -0.15) is 5.10 Å². The maximum atomic E-state index is 12.8. The van der Waals surface area contributed by atoms with E-state index in [1.54, 1.807) is 38.4 Å². The first-order chi connectivity index (χ1) is 15.7. The van der Waals surface area contributed by atoms with Crippen LogP contribution >= 0.6 is 0 Å². The first kappa shape index (κ1) is 21.8. The Kier molecular flexibility index (Phi) is 6.65. The van der Waals surface area contributed by atoms with Crippen LogP contribution in [-0.2, 0) is 4.74 Å². The van der Waals surface area contributed by atoms with Gasteiger partial charge < -0.3 is 19.5 Å². The van der Waals surface area contributed by atoms with Crippen LogP contribution in [0.15, 0.2) is 36.7 Å². The maximum absolute atomic E-state index is 12.8. The van der Waals surface area contributed by atoms with E-state index in [0.29, 0.717) is 41.9 Å². The Labute approximate surface area is 186 Å². The topological polar surface area (TPSA) is 100 Å². The number of carbonyl (C=O) groups excluding carboxylic acids is 1. The lowest BCUT2D eigenvalue weighted by molar-refractivity contribution is 0.0947. The molecule has 1 N–H and O–H groups in total. The van der Waals surface area contributed by atoms with E-state index in [1.807, 2.05) is 24.3 Å². The molecule has 2 aromatic heterocycles. The Morgan fingerprint density at radius 1 is 1.19 bits per heavy atom. The predicted molar refractivity (Wildman–Crippen MR) is 118 cm³/mol. The summed E-state index contributed by atoms with van der Waals surface area (Å²) in [7, 11) is 4.88. The van der Waals surface area contributed by atoms with Crippen LogP contribution < -0.4 is 14.8 Å². The molecule has 1 aliphatic carbocycles. The van der Waals surface area contributed by atoms with Crippen molar-refractivity contribution in [3.63, 3.8) is 0 Å². The minimum Gasteiger partial charge on any atom is -0.497 e. The van der Waals surface area contributed by atoms with Crippen LogP contribution in [0.2, 0.25) is 0 Å². The molecule has 0 atom stereocenters. The highest BCUT2D eigenvalue weighted by Gasteiger charge is 2.33. The molecule has 1 saturated carbocycles. The van der Waals surface area contributed by atoms with Gasteiger partial charge in [-0.05, 0) is 43.5 Å². The van der Waals surface area contributed by atoms with Gasteiger partial charge in [-0.3, -0.25) is 4.79 Å². The predicted octanol–water partition coefficient (Wildman–Crippen LogP) is 2.99. The Balaban J connectivity index is 1.67. The second kappa shape index (κ2) is 9.78. The van der Waals surface area contributed by atoms with Gasteiger partial charge in [0, 0.05) is 37.9 Å². The fraction of sp³-hybridized carbons (Fsp3) is 0.391. The molecule has 0 unspecified atom stereocenters. The minimum atomic E-state index is -0.139. The molecule has 1 aliphatic rings. The number of carbonyl (C=O) groups is 1. The summed E-state index contributed by atoms with van der Waals surface area (Å²) in [6, 6.07) is 7.35. The average Bonchev–Trinajstić information content (AvgIpc) is 3.58. The van der Waals surface area contributed by atoms with E-state index < -0.39 is 0 Å². The van der Waals surface area contributed by atoms with E-state index >= 15 is 0 Å². The lowest BCUT2D eigenvalue weighted by atomic mass is 10.1. The maximum Gasteiger partial charge on any atom is 0.254 e. The third-order valence-electron chi connectivity index (χ3n) is 5.34. The number of aromatic nitrogens is 4. The molecule has 9 nitrogen and oxygen atoms in total. The molecule has 168 valence electrons. The molecular weight excluding hydrogens is 410 g/mol. The molecule has 1 fully saturated rings. The van der Waals surface area contributed by atoms with Crippen molar-refractivity contribution in [3.8, 4) is 28.7 Å². The monoisotopic (exact) mass is 437 g/mol. The summed E-state index contributed by atoms with van der Waals surface area (Å²) in [5.41, 5.74) is 2.88. The number of nitrogens with one attached hydrogen (secondary N) is 1. The van der Waals surface area contributed by atoms with Gasteiger partial charge >= 0.3 is 0 Å². The van der Waals surface area contributed by atoms with E-state index in [0.717, 1.165) is 30.5 Å². The van der Waals surface area contributed by atoms with Gasteiger partial charge in [0.25, 0.3) is 11.9 Å². The minimum absolute atomic E-state index is 0.139. The van der Waals surface area contributed by atoms with Crippen molar-refractivity contribution in [1.82, 2.24) is 25.1 Å². The molecule has 0 bridgehead atoms. The molecule has 32 heavy (non-hydrogen) atoms. The Morgan fingerprint density at radius 2 is 2.03 bits per heavy atom. The quantitative estimate of drug-likeness (QED) is 0.487. The second-order valence-corrected chi connectivity index (χ2v) is 7.54. The molecule has 4 rings (SSSR count). The van der Waals surface area contributed by atoms with Gasteiger partial charge in [-0.25, -0.2) is 14.6 Å². The molecular formula is C23H27N5O4. The largest absolute Gasteiger partial charge is 0.497 e. The molecule has 1 aromatic carbocycles. The molecule has 3 aromatic rings. The zero-order valence-electron chi connectivity index (χ0n) is 18.5. The zero-order valence-corrected chi connectivity index (χ0v) is 18.5. The average molecular weight is 438 g/mol. The van der Waals surface area contributed by atoms with Crippen molar-refractivity contribution in [2.24, 2.45) is 0 Å². The smallest absolute Gasteiger partial charge is 0.254 e. The van der Waals surface area contributed by atoms with E-state index in [9.17, 15) is 4.79 Å². The van der Waals surface area contributed by atoms with Crippen LogP contribution in [0.25, 0.3) is 17.2 Å². The molecule has 0 radical (unpaired) electrons. The number of rotatable bonds is 10. The lowest BCUT2D eigenvalue weighted by Crippen LogP contribution is -2.26. The van der Waals surface area contributed by atoms with E-state index in [-0.39, 0.29) is 11.8 Å². The van der Waals surface area contributed by atoms with Crippen molar-refractivity contribution in [2.45, 2.75) is 25.2 Å². The summed E-state index contributed by atoms with van der Waals surface area (Å²) in [6.07, 6.45) is 6.06. The third-order valence-corrected chi connectivity index (χ3v) is 5.34. The summed E-state index contributed by atoms with van der Waals surface area (Å²) in [6.45, 7) is 1.15. The molecule has 0 aliphatic heterocycles. The van der Waals surface area contributed by atoms with Gasteiger partial charge in [-0.15, -0.1) is 0 Å². The van der Waals surface area contributed by atoms with Crippen LogP contribution in [0.3, 0.4) is 0 Å². The number of benzene rings is 1. The van der Waals surface area contributed by atoms with Gasteiger partial charge in [0.15, 0.2) is 0 Å². The highest BCUT2D eigenvalue weighted by molar-refractivity contribution is 5.95. The Bertz CT molecular complexity index is 1090. The van der Waals surface area contributed by atoms with Gasteiger partial charge in [0.05, 0.1) is 37.4 Å². The number of nitrogens with zero attached hydrogens (tertiary/aromatic N) is 4. The summed E-state index contributed by atoms with van der Waals surface area (Å²) in [5, 5.41) is 7.42. The summed E-state index contributed by atoms with van der Waals surface area (Å²) >= 11 is 0. The summed E-state index contributed by atoms with van der Waals surface area (Å²) in [4.78, 5) is 21.9. The van der Waals surface area contributed by atoms with Crippen molar-refractivity contribution in [1.29, 1.82) is 0 Å². The lowest BCUT2D eigenvalue weighted by Gasteiger charge is -2.12. The normalized spacial score (nSPS) is 13.1. The van der Waals surface area contributed by atoms with Gasteiger partial charge in [-0.1, -0.05) is 0 Å². The third kappa shape index (κ3) is 4.57. The Hall–Kier alpha value is -3.46. The van der Waals surface area contributed by atoms with Gasteiger partial charge in [0.1, 0.15) is 11.5 Å². The van der Waals surface area contributed by atoms with Crippen LogP contribution in [0.1, 0.15) is 41.2 Å². The molecule has 1 amide bonds. The van der Waals surface area contributed by atoms with E-state index in [1.165, 1.54) is 0 Å². The van der Waals surface area contributed by atoms with E-state index in [4.69, 9.17) is 19.2 Å². The van der Waals surface area contributed by atoms with Crippen molar-refractivity contribution < 1.29 is 19.0 Å². The van der Waals surface area contributed by atoms with Crippen molar-refractivity contribution in [3.05, 3.63) is 47.9 Å². The molecule has 0 saturated heterocycles. The standard InChI is InChI=1S/C23H27N5O4/c1-30-12-4-10-24-22(29)18-14-26-28(21(18)15-5-6-15)23-25-11-9-19(27-23)17-13-16(31-2)7-8-20(17)32-3/h7-9,11,13-15H,4-6,10,12H2,1-3H3,(H,24,29). The first-order valence-corrected chi connectivity index (χ1v) is 10.6. The van der Waals surface area contributed by atoms with Crippen LogP contribution in [0.4, 0.5) is 0 Å². The highest BCUT2D eigenvalue weighted by atomic mass is 16.5. The van der Waals surface area contributed by atoms with Crippen molar-refractivity contribution in [2.75, 3.05) is 34.5 Å². The fourth-order valence-corrected chi connectivity index (χ4v) is 3.57. The van der Waals surface area contributed by atoms with Crippen LogP contribution in [0.5, 0.6) is 11.5 Å². The highest BCUT2D eigenvalue weighted by Crippen LogP contribution is 2.42. The van der Waals surface area contributed by atoms with Gasteiger partial charge in [0.2, 0.25) is 0 Å². The van der Waals surface area contributed by atoms with Crippen LogP contribution in [0, 0.1) is 0 Å². The fourth-order valence-electron chi connectivity index (χ4n) is 3.57. The summed E-state index contributed by atoms with van der Waals surface area (Å²) < 4.78 is 17.6. The number of hydrogen-bond donors (Lipinski definition) is 1. The van der Waals surface area contributed by atoms with Crippen LogP contribution in [-0.4, -0.2) is 60.1 Å². The number of hydrogen-bond acceptors (Lipinski definition) is 7. The SMILES string of the molecule is COCCCNC(=O)c1cnn(-c2nccc(-c3cc(OC)ccc3OC)n2)c1C1CC1. The number of amides is 1. The Morgan fingerprint density at radius 3 is 2.75 bits per heavy atom. The number of methoxy groups -OCH3 is 3. The van der Waals surface area contributed by atoms with E-state index in [2.05, 4.69) is 15.4 Å². The molecule has 2 heterocycles.